The van der Waals surface area contributed by atoms with E-state index in [1.165, 1.54) is 6.33 Å². The van der Waals surface area contributed by atoms with Crippen molar-refractivity contribution in [3.8, 4) is 11.4 Å². The zero-order chi connectivity index (χ0) is 18.1. The molecule has 1 saturated carbocycles. The number of halogens is 1. The Bertz CT molecular complexity index is 893. The maximum Gasteiger partial charge on any atom is 0.172 e. The first-order valence-corrected chi connectivity index (χ1v) is 8.89. The summed E-state index contributed by atoms with van der Waals surface area (Å²) < 4.78 is 9.04. The van der Waals surface area contributed by atoms with Gasteiger partial charge >= 0.3 is 0 Å². The predicted octanol–water partition coefficient (Wildman–Crippen LogP) is 2.16. The molecule has 1 aromatic carbocycles. The first-order valence-electron chi connectivity index (χ1n) is 8.52. The Hall–Kier alpha value is -2.45. The van der Waals surface area contributed by atoms with Gasteiger partial charge in [-0.2, -0.15) is 5.10 Å². The van der Waals surface area contributed by atoms with Crippen LogP contribution >= 0.6 is 11.6 Å². The van der Waals surface area contributed by atoms with Crippen molar-refractivity contribution >= 4 is 11.6 Å². The van der Waals surface area contributed by atoms with Gasteiger partial charge in [0.1, 0.15) is 36.5 Å². The van der Waals surface area contributed by atoms with Crippen LogP contribution in [0, 0.1) is 0 Å². The molecule has 0 unspecified atom stereocenters. The normalized spacial score (nSPS) is 19.8. The largest absolute Gasteiger partial charge is 0.494 e. The smallest absolute Gasteiger partial charge is 0.172 e. The maximum atomic E-state index is 6.22. The molecule has 2 heterocycles. The number of ether oxygens (including phenoxy) is 1. The Morgan fingerprint density at radius 3 is 2.92 bits per heavy atom. The first kappa shape index (κ1) is 17.0. The van der Waals surface area contributed by atoms with E-state index in [0.717, 1.165) is 30.8 Å². The molecule has 2 atom stereocenters. The summed E-state index contributed by atoms with van der Waals surface area (Å²) in [6.07, 6.45) is 6.01. The van der Waals surface area contributed by atoms with Gasteiger partial charge in [0.25, 0.3) is 0 Å². The molecule has 3 aromatic rings. The number of nitrogens with two attached hydrogens (primary N) is 1. The Balaban J connectivity index is 1.78. The Labute approximate surface area is 156 Å². The lowest BCUT2D eigenvalue weighted by Crippen LogP contribution is -2.15. The zero-order valence-corrected chi connectivity index (χ0v) is 15.2. The van der Waals surface area contributed by atoms with Crippen LogP contribution in [0.4, 0.5) is 0 Å². The van der Waals surface area contributed by atoms with E-state index in [9.17, 15) is 0 Å². The van der Waals surface area contributed by atoms with E-state index in [-0.39, 0.29) is 12.0 Å². The van der Waals surface area contributed by atoms with Crippen LogP contribution in [0.2, 0.25) is 5.02 Å². The summed E-state index contributed by atoms with van der Waals surface area (Å²) in [6, 6.07) is 5.67. The van der Waals surface area contributed by atoms with Crippen molar-refractivity contribution in [2.24, 2.45) is 5.73 Å². The summed E-state index contributed by atoms with van der Waals surface area (Å²) in [6.45, 7) is 0.446. The third-order valence-electron chi connectivity index (χ3n) is 4.65. The molecule has 0 saturated heterocycles. The van der Waals surface area contributed by atoms with Gasteiger partial charge < -0.3 is 10.5 Å². The monoisotopic (exact) mass is 373 g/mol. The van der Waals surface area contributed by atoms with E-state index in [0.29, 0.717) is 23.1 Å². The van der Waals surface area contributed by atoms with Crippen LogP contribution in [0.15, 0.2) is 30.9 Å². The van der Waals surface area contributed by atoms with Crippen molar-refractivity contribution in [2.45, 2.75) is 37.8 Å². The van der Waals surface area contributed by atoms with E-state index in [2.05, 4.69) is 10.1 Å². The molecule has 0 bridgehead atoms. The zero-order valence-electron chi connectivity index (χ0n) is 14.4. The SMILES string of the molecule is COc1ccc(Cl)cc1-n1nc(Cn2cncn2)nc1[C@H]1CC[C@@H](N)C1. The lowest BCUT2D eigenvalue weighted by atomic mass is 10.1. The Kier molecular flexibility index (Phi) is 4.60. The summed E-state index contributed by atoms with van der Waals surface area (Å²) in [7, 11) is 1.63. The lowest BCUT2D eigenvalue weighted by molar-refractivity contribution is 0.410. The van der Waals surface area contributed by atoms with Gasteiger partial charge in [-0.25, -0.2) is 19.3 Å². The third-order valence-corrected chi connectivity index (χ3v) is 4.89. The van der Waals surface area contributed by atoms with Crippen molar-refractivity contribution in [3.05, 3.63) is 47.5 Å². The predicted molar refractivity (Wildman–Crippen MR) is 96.6 cm³/mol. The van der Waals surface area contributed by atoms with E-state index >= 15 is 0 Å². The number of aromatic nitrogens is 6. The van der Waals surface area contributed by atoms with Crippen LogP contribution in [0.25, 0.3) is 5.69 Å². The topological polar surface area (TPSA) is 96.7 Å². The molecule has 2 aromatic heterocycles. The molecule has 1 aliphatic rings. The average molecular weight is 374 g/mol. The Morgan fingerprint density at radius 2 is 2.23 bits per heavy atom. The van der Waals surface area contributed by atoms with E-state index in [1.807, 2.05) is 16.8 Å². The number of nitrogens with zero attached hydrogens (tertiary/aromatic N) is 6. The van der Waals surface area contributed by atoms with Gasteiger partial charge in [-0.3, -0.25) is 0 Å². The molecular formula is C17H20ClN7O. The number of hydrogen-bond donors (Lipinski definition) is 1. The molecule has 0 amide bonds. The molecule has 8 nitrogen and oxygen atoms in total. The van der Waals surface area contributed by atoms with E-state index in [1.54, 1.807) is 24.2 Å². The van der Waals surface area contributed by atoms with Crippen LogP contribution in [0.5, 0.6) is 5.75 Å². The van der Waals surface area contributed by atoms with Gasteiger partial charge in [-0.05, 0) is 37.5 Å². The molecule has 2 N–H and O–H groups in total. The third kappa shape index (κ3) is 3.30. The molecule has 1 fully saturated rings. The quantitative estimate of drug-likeness (QED) is 0.736. The molecular weight excluding hydrogens is 354 g/mol. The summed E-state index contributed by atoms with van der Waals surface area (Å²) >= 11 is 6.22. The minimum Gasteiger partial charge on any atom is -0.494 e. The van der Waals surface area contributed by atoms with E-state index < -0.39 is 0 Å². The standard InChI is InChI=1S/C17H20ClN7O/c1-26-15-5-3-12(18)7-14(15)25-17(11-2-4-13(19)6-11)22-16(23-25)8-24-10-20-9-21-24/h3,5,7,9-11,13H,2,4,6,8,19H2,1H3/t11-,13+/m0/s1. The minimum absolute atomic E-state index is 0.199. The van der Waals surface area contributed by atoms with Gasteiger partial charge in [0.05, 0.1) is 7.11 Å². The lowest BCUT2D eigenvalue weighted by Gasteiger charge is -2.14. The highest BCUT2D eigenvalue weighted by atomic mass is 35.5. The number of hydrogen-bond acceptors (Lipinski definition) is 6. The average Bonchev–Trinajstić information content (AvgIpc) is 3.36. The highest BCUT2D eigenvalue weighted by Crippen LogP contribution is 2.35. The van der Waals surface area contributed by atoms with Crippen molar-refractivity contribution in [1.29, 1.82) is 0 Å². The molecule has 26 heavy (non-hydrogen) atoms. The highest BCUT2D eigenvalue weighted by Gasteiger charge is 2.29. The molecule has 4 rings (SSSR count). The van der Waals surface area contributed by atoms with Gasteiger partial charge in [0.15, 0.2) is 5.82 Å². The van der Waals surface area contributed by atoms with Crippen molar-refractivity contribution < 1.29 is 4.74 Å². The second kappa shape index (κ2) is 7.05. The molecule has 0 radical (unpaired) electrons. The van der Waals surface area contributed by atoms with Crippen molar-refractivity contribution in [3.63, 3.8) is 0 Å². The van der Waals surface area contributed by atoms with Crippen LogP contribution in [-0.4, -0.2) is 42.7 Å². The van der Waals surface area contributed by atoms with Crippen LogP contribution in [0.3, 0.4) is 0 Å². The second-order valence-electron chi connectivity index (χ2n) is 6.48. The molecule has 0 spiro atoms. The van der Waals surface area contributed by atoms with Crippen LogP contribution in [0.1, 0.15) is 36.8 Å². The molecule has 0 aliphatic heterocycles. The highest BCUT2D eigenvalue weighted by molar-refractivity contribution is 6.30. The van der Waals surface area contributed by atoms with Crippen molar-refractivity contribution in [2.75, 3.05) is 7.11 Å². The summed E-state index contributed by atoms with van der Waals surface area (Å²) in [4.78, 5) is 8.76. The van der Waals surface area contributed by atoms with Gasteiger partial charge in [-0.15, -0.1) is 5.10 Å². The van der Waals surface area contributed by atoms with Crippen LogP contribution in [-0.2, 0) is 6.54 Å². The first-order chi connectivity index (χ1) is 12.6. The maximum absolute atomic E-state index is 6.22. The van der Waals surface area contributed by atoms with Crippen molar-refractivity contribution in [1.82, 2.24) is 29.5 Å². The number of methoxy groups -OCH3 is 1. The second-order valence-corrected chi connectivity index (χ2v) is 6.91. The fraction of sp³-hybridized carbons (Fsp3) is 0.412. The summed E-state index contributed by atoms with van der Waals surface area (Å²) in [5.74, 6) is 2.49. The van der Waals surface area contributed by atoms with Crippen LogP contribution < -0.4 is 10.5 Å². The minimum atomic E-state index is 0.199. The fourth-order valence-corrected chi connectivity index (χ4v) is 3.58. The van der Waals surface area contributed by atoms with Gasteiger partial charge in [0, 0.05) is 17.0 Å². The summed E-state index contributed by atoms with van der Waals surface area (Å²) in [5.41, 5.74) is 6.89. The molecule has 136 valence electrons. The Morgan fingerprint density at radius 1 is 1.35 bits per heavy atom. The molecule has 1 aliphatic carbocycles. The number of benzene rings is 1. The number of rotatable bonds is 5. The summed E-state index contributed by atoms with van der Waals surface area (Å²) in [5, 5.41) is 9.46. The molecule has 9 heteroatoms. The fourth-order valence-electron chi connectivity index (χ4n) is 3.42. The van der Waals surface area contributed by atoms with E-state index in [4.69, 9.17) is 32.2 Å². The van der Waals surface area contributed by atoms with Gasteiger partial charge in [-0.1, -0.05) is 11.6 Å². The van der Waals surface area contributed by atoms with Gasteiger partial charge in [0.2, 0.25) is 0 Å².